The van der Waals surface area contributed by atoms with Gasteiger partial charge in [0.2, 0.25) is 10.0 Å². The summed E-state index contributed by atoms with van der Waals surface area (Å²) < 4.78 is 33.0. The molecule has 0 amide bonds. The molecule has 10 heteroatoms. The Balaban J connectivity index is 1.62. The zero-order valence-corrected chi connectivity index (χ0v) is 18.8. The number of aryl methyl sites for hydroxylation is 1. The van der Waals surface area contributed by atoms with Crippen LogP contribution in [0.4, 0.5) is 11.5 Å². The van der Waals surface area contributed by atoms with E-state index < -0.39 is 10.0 Å². The number of rotatable bonds is 6. The van der Waals surface area contributed by atoms with E-state index in [2.05, 4.69) is 19.7 Å². The van der Waals surface area contributed by atoms with E-state index >= 15 is 0 Å². The van der Waals surface area contributed by atoms with Gasteiger partial charge in [0.1, 0.15) is 5.82 Å². The molecule has 168 valence electrons. The van der Waals surface area contributed by atoms with Crippen LogP contribution in [0.1, 0.15) is 12.6 Å². The molecule has 3 heterocycles. The quantitative estimate of drug-likeness (QED) is 0.607. The number of hydrogen-bond acceptors (Lipinski definition) is 7. The molecule has 0 aliphatic carbocycles. The molecule has 2 aromatic heterocycles. The monoisotopic (exact) mass is 455 g/mol. The van der Waals surface area contributed by atoms with Crippen LogP contribution in [0.2, 0.25) is 0 Å². The first-order valence-electron chi connectivity index (χ1n) is 10.4. The summed E-state index contributed by atoms with van der Waals surface area (Å²) in [5.74, 6) is 0.816. The number of pyridine rings is 1. The first-order chi connectivity index (χ1) is 15.4. The summed E-state index contributed by atoms with van der Waals surface area (Å²) in [6.45, 7) is 6.29. The van der Waals surface area contributed by atoms with Gasteiger partial charge in [0.15, 0.2) is 0 Å². The van der Waals surface area contributed by atoms with Crippen LogP contribution in [0.25, 0.3) is 16.8 Å². The zero-order valence-electron chi connectivity index (χ0n) is 18.0. The number of sulfonamides is 1. The third-order valence-corrected chi connectivity index (χ3v) is 6.56. The van der Waals surface area contributed by atoms with E-state index in [0.29, 0.717) is 41.4 Å². The lowest BCUT2D eigenvalue weighted by atomic mass is 10.0. The highest BCUT2D eigenvalue weighted by atomic mass is 32.2. The zero-order chi connectivity index (χ0) is 22.7. The predicted octanol–water partition coefficient (Wildman–Crippen LogP) is 2.20. The van der Waals surface area contributed by atoms with Crippen molar-refractivity contribution in [1.29, 1.82) is 0 Å². The molecule has 4 rings (SSSR count). The minimum atomic E-state index is -3.39. The van der Waals surface area contributed by atoms with Crippen molar-refractivity contribution in [2.24, 2.45) is 0 Å². The largest absolute Gasteiger partial charge is 0.378 e. The molecular formula is C22H25N5O4S. The summed E-state index contributed by atoms with van der Waals surface area (Å²) in [5.41, 5.74) is 2.70. The Morgan fingerprint density at radius 1 is 1.12 bits per heavy atom. The predicted molar refractivity (Wildman–Crippen MR) is 124 cm³/mol. The highest BCUT2D eigenvalue weighted by Gasteiger charge is 2.14. The van der Waals surface area contributed by atoms with Crippen molar-refractivity contribution in [1.82, 2.24) is 14.8 Å². The summed E-state index contributed by atoms with van der Waals surface area (Å²) in [5, 5.41) is 4.47. The first-order valence-corrected chi connectivity index (χ1v) is 12.0. The van der Waals surface area contributed by atoms with Gasteiger partial charge in [-0.2, -0.15) is 9.78 Å². The maximum Gasteiger partial charge on any atom is 0.272 e. The van der Waals surface area contributed by atoms with Crippen LogP contribution in [0, 0.1) is 6.92 Å². The first kappa shape index (κ1) is 22.0. The number of morpholine rings is 1. The minimum Gasteiger partial charge on any atom is -0.378 e. The summed E-state index contributed by atoms with van der Waals surface area (Å²) in [7, 11) is -3.39. The van der Waals surface area contributed by atoms with E-state index in [0.717, 1.165) is 18.9 Å². The molecule has 1 aliphatic rings. The molecule has 0 radical (unpaired) electrons. The molecule has 1 fully saturated rings. The summed E-state index contributed by atoms with van der Waals surface area (Å²) in [6, 6.07) is 12.1. The van der Waals surface area contributed by atoms with E-state index in [-0.39, 0.29) is 11.3 Å². The molecule has 0 atom stereocenters. The van der Waals surface area contributed by atoms with Gasteiger partial charge in [-0.3, -0.25) is 9.52 Å². The highest BCUT2D eigenvalue weighted by molar-refractivity contribution is 7.92. The van der Waals surface area contributed by atoms with Crippen molar-refractivity contribution < 1.29 is 13.2 Å². The lowest BCUT2D eigenvalue weighted by Crippen LogP contribution is -2.36. The summed E-state index contributed by atoms with van der Waals surface area (Å²) >= 11 is 0. The molecule has 3 aromatic rings. The topological polar surface area (TPSA) is 106 Å². The fraction of sp³-hybridized carbons (Fsp3) is 0.318. The van der Waals surface area contributed by atoms with Crippen molar-refractivity contribution in [3.8, 4) is 16.8 Å². The van der Waals surface area contributed by atoms with E-state index in [1.807, 2.05) is 25.1 Å². The maximum atomic E-state index is 12.8. The number of anilines is 2. The second kappa shape index (κ2) is 9.09. The maximum absolute atomic E-state index is 12.8. The van der Waals surface area contributed by atoms with Gasteiger partial charge in [-0.1, -0.05) is 12.1 Å². The van der Waals surface area contributed by atoms with Crippen molar-refractivity contribution >= 4 is 21.5 Å². The van der Waals surface area contributed by atoms with Crippen molar-refractivity contribution in [2.75, 3.05) is 41.7 Å². The molecule has 1 aromatic carbocycles. The van der Waals surface area contributed by atoms with Gasteiger partial charge >= 0.3 is 0 Å². The van der Waals surface area contributed by atoms with E-state index in [9.17, 15) is 13.2 Å². The number of hydrogen-bond donors (Lipinski definition) is 1. The van der Waals surface area contributed by atoms with Crippen molar-refractivity contribution in [2.45, 2.75) is 13.8 Å². The Hall–Kier alpha value is -3.24. The molecule has 1 saturated heterocycles. The SMILES string of the molecule is CCS(=O)(=O)Nc1cccc(-c2cc(=O)n(-c3ccc(N4CCOCC4)nc3)nc2C)c1. The number of aromatic nitrogens is 3. The van der Waals surface area contributed by atoms with Crippen LogP contribution >= 0.6 is 0 Å². The Kier molecular flexibility index (Phi) is 6.24. The van der Waals surface area contributed by atoms with Gasteiger partial charge in [0.25, 0.3) is 5.56 Å². The van der Waals surface area contributed by atoms with Crippen molar-refractivity contribution in [3.05, 3.63) is 64.7 Å². The van der Waals surface area contributed by atoms with Crippen LogP contribution < -0.4 is 15.2 Å². The van der Waals surface area contributed by atoms with Gasteiger partial charge in [-0.25, -0.2) is 13.4 Å². The molecule has 0 unspecified atom stereocenters. The fourth-order valence-corrected chi connectivity index (χ4v) is 4.13. The molecule has 0 spiro atoms. The molecule has 0 saturated carbocycles. The van der Waals surface area contributed by atoms with Gasteiger partial charge in [-0.15, -0.1) is 0 Å². The summed E-state index contributed by atoms with van der Waals surface area (Å²) in [4.78, 5) is 19.5. The smallest absolute Gasteiger partial charge is 0.272 e. The summed E-state index contributed by atoms with van der Waals surface area (Å²) in [6.07, 6.45) is 1.64. The Morgan fingerprint density at radius 3 is 2.59 bits per heavy atom. The minimum absolute atomic E-state index is 0.0216. The third kappa shape index (κ3) is 4.81. The van der Waals surface area contributed by atoms with Gasteiger partial charge in [-0.05, 0) is 43.7 Å². The normalized spacial score (nSPS) is 14.4. The Morgan fingerprint density at radius 2 is 1.91 bits per heavy atom. The van der Waals surface area contributed by atoms with Crippen molar-refractivity contribution in [3.63, 3.8) is 0 Å². The van der Waals surface area contributed by atoms with Crippen LogP contribution in [0.5, 0.6) is 0 Å². The third-order valence-electron chi connectivity index (χ3n) is 5.26. The number of ether oxygens (including phenoxy) is 1. The lowest BCUT2D eigenvalue weighted by molar-refractivity contribution is 0.122. The Bertz CT molecular complexity index is 1270. The highest BCUT2D eigenvalue weighted by Crippen LogP contribution is 2.24. The van der Waals surface area contributed by atoms with Crippen LogP contribution in [-0.4, -0.2) is 55.2 Å². The molecule has 1 N–H and O–H groups in total. The van der Waals surface area contributed by atoms with Crippen LogP contribution in [-0.2, 0) is 14.8 Å². The number of nitrogens with zero attached hydrogens (tertiary/aromatic N) is 4. The molecule has 0 bridgehead atoms. The standard InChI is InChI=1S/C22H25N5O4S/c1-3-32(29,30)25-18-6-4-5-17(13-18)20-14-22(28)27(24-16(20)2)19-7-8-21(23-15-19)26-9-11-31-12-10-26/h4-8,13-15,25H,3,9-12H2,1-2H3. The average Bonchev–Trinajstić information content (AvgIpc) is 2.81. The Labute approximate surface area is 186 Å². The number of benzene rings is 1. The number of nitrogens with one attached hydrogen (secondary N) is 1. The van der Waals surface area contributed by atoms with E-state index in [1.54, 1.807) is 31.3 Å². The molecular weight excluding hydrogens is 430 g/mol. The van der Waals surface area contributed by atoms with E-state index in [1.165, 1.54) is 10.7 Å². The molecule has 1 aliphatic heterocycles. The second-order valence-electron chi connectivity index (χ2n) is 7.45. The van der Waals surface area contributed by atoms with Gasteiger partial charge in [0, 0.05) is 30.4 Å². The lowest BCUT2D eigenvalue weighted by Gasteiger charge is -2.27. The molecule has 32 heavy (non-hydrogen) atoms. The van der Waals surface area contributed by atoms with Gasteiger partial charge in [0.05, 0.1) is 36.5 Å². The fourth-order valence-electron chi connectivity index (χ4n) is 3.50. The average molecular weight is 456 g/mol. The molecule has 9 nitrogen and oxygen atoms in total. The second-order valence-corrected chi connectivity index (χ2v) is 9.46. The van der Waals surface area contributed by atoms with Gasteiger partial charge < -0.3 is 9.64 Å². The van der Waals surface area contributed by atoms with Crippen LogP contribution in [0.15, 0.2) is 53.5 Å². The van der Waals surface area contributed by atoms with Crippen LogP contribution in [0.3, 0.4) is 0 Å². The van der Waals surface area contributed by atoms with E-state index in [4.69, 9.17) is 4.74 Å².